The van der Waals surface area contributed by atoms with Crippen molar-refractivity contribution in [2.45, 2.75) is 0 Å². The van der Waals surface area contributed by atoms with E-state index < -0.39 is 24.8 Å². The Morgan fingerprint density at radius 3 is 1.50 bits per heavy atom. The minimum Gasteiger partial charge on any atom is -0.434 e. The van der Waals surface area contributed by atoms with Gasteiger partial charge >= 0.3 is 7.37 Å². The van der Waals surface area contributed by atoms with Crippen molar-refractivity contribution in [2.24, 2.45) is 0 Å². The molecule has 0 bridgehead atoms. The molecule has 3 rings (SSSR count). The first-order valence-corrected chi connectivity index (χ1v) is 8.69. The topological polar surface area (TPSA) is 26.3 Å². The first kappa shape index (κ1) is 16.3. The quantitative estimate of drug-likeness (QED) is 0.653. The lowest BCUT2D eigenvalue weighted by atomic mass is 10.3. The molecule has 0 heterocycles. The van der Waals surface area contributed by atoms with Crippen molar-refractivity contribution in [1.29, 1.82) is 0 Å². The maximum atomic E-state index is 14.2. The van der Waals surface area contributed by atoms with E-state index in [-0.39, 0.29) is 16.4 Å². The van der Waals surface area contributed by atoms with Crippen molar-refractivity contribution < 1.29 is 22.3 Å². The first-order valence-electron chi connectivity index (χ1n) is 7.07. The molecule has 0 aliphatic heterocycles. The third-order valence-corrected chi connectivity index (χ3v) is 5.85. The third-order valence-electron chi connectivity index (χ3n) is 3.40. The Bertz CT molecular complexity index is 878. The summed E-state index contributed by atoms with van der Waals surface area (Å²) in [5.41, 5.74) is 0. The highest BCUT2D eigenvalue weighted by Crippen LogP contribution is 2.46. The van der Waals surface area contributed by atoms with E-state index >= 15 is 0 Å². The van der Waals surface area contributed by atoms with Gasteiger partial charge in [0.1, 0.15) is 11.6 Å². The van der Waals surface area contributed by atoms with E-state index in [2.05, 4.69) is 0 Å². The monoisotopic (exact) mass is 348 g/mol. The van der Waals surface area contributed by atoms with Gasteiger partial charge in [0, 0.05) is 0 Å². The molecule has 24 heavy (non-hydrogen) atoms. The minimum absolute atomic E-state index is 0.321. The van der Waals surface area contributed by atoms with Gasteiger partial charge in [-0.3, -0.25) is 4.57 Å². The molecule has 3 aromatic rings. The zero-order valence-corrected chi connectivity index (χ0v) is 13.2. The molecular formula is C18H12F3O2P. The van der Waals surface area contributed by atoms with Crippen molar-refractivity contribution >= 4 is 18.0 Å². The van der Waals surface area contributed by atoms with E-state index in [1.54, 1.807) is 0 Å². The summed E-state index contributed by atoms with van der Waals surface area (Å²) >= 11 is 0. The standard InChI is InChI=1S/C18H12F3O2P/c19-13-7-1-4-10-16(13)23-24(22,17-11-5-2-8-14(17)20)18-12-6-3-9-15(18)21/h1-12H. The second kappa shape index (κ2) is 6.54. The van der Waals surface area contributed by atoms with Gasteiger partial charge in [-0.1, -0.05) is 36.4 Å². The van der Waals surface area contributed by atoms with E-state index in [0.29, 0.717) is 0 Å². The predicted molar refractivity (Wildman–Crippen MR) is 86.7 cm³/mol. The van der Waals surface area contributed by atoms with Gasteiger partial charge in [0.2, 0.25) is 0 Å². The molecule has 122 valence electrons. The van der Waals surface area contributed by atoms with Crippen molar-refractivity contribution in [2.75, 3.05) is 0 Å². The largest absolute Gasteiger partial charge is 0.434 e. The third kappa shape index (κ3) is 2.95. The van der Waals surface area contributed by atoms with E-state index in [4.69, 9.17) is 4.52 Å². The Balaban J connectivity index is 2.23. The van der Waals surface area contributed by atoms with Crippen LogP contribution in [0.5, 0.6) is 5.75 Å². The second-order valence-electron chi connectivity index (χ2n) is 4.98. The van der Waals surface area contributed by atoms with Gasteiger partial charge in [0.05, 0.1) is 10.6 Å². The van der Waals surface area contributed by atoms with Gasteiger partial charge in [-0.05, 0) is 36.4 Å². The smallest absolute Gasteiger partial charge is 0.312 e. The van der Waals surface area contributed by atoms with E-state index in [9.17, 15) is 17.7 Å². The van der Waals surface area contributed by atoms with Crippen molar-refractivity contribution in [3.63, 3.8) is 0 Å². The SMILES string of the molecule is O=P(Oc1ccccc1F)(c1ccccc1F)c1ccccc1F. The van der Waals surface area contributed by atoms with Gasteiger partial charge in [0.15, 0.2) is 11.6 Å². The molecule has 0 atom stereocenters. The Morgan fingerprint density at radius 2 is 1.04 bits per heavy atom. The van der Waals surface area contributed by atoms with Crippen LogP contribution in [0.1, 0.15) is 0 Å². The lowest BCUT2D eigenvalue weighted by Crippen LogP contribution is -2.25. The van der Waals surface area contributed by atoms with Crippen LogP contribution in [0, 0.1) is 17.5 Å². The van der Waals surface area contributed by atoms with Gasteiger partial charge in [-0.15, -0.1) is 0 Å². The molecule has 3 aromatic carbocycles. The van der Waals surface area contributed by atoms with Crippen LogP contribution >= 0.6 is 7.37 Å². The Labute approximate surface area is 137 Å². The first-order chi connectivity index (χ1) is 11.5. The van der Waals surface area contributed by atoms with Crippen molar-refractivity contribution in [3.8, 4) is 5.75 Å². The van der Waals surface area contributed by atoms with Crippen LogP contribution in [-0.4, -0.2) is 0 Å². The number of halogens is 3. The summed E-state index contributed by atoms with van der Waals surface area (Å²) in [7, 11) is -4.24. The molecule has 2 nitrogen and oxygen atoms in total. The Morgan fingerprint density at radius 1 is 0.625 bits per heavy atom. The molecule has 0 aliphatic carbocycles. The average molecular weight is 348 g/mol. The van der Waals surface area contributed by atoms with Crippen LogP contribution in [0.4, 0.5) is 13.2 Å². The molecular weight excluding hydrogens is 336 g/mol. The summed E-state index contributed by atoms with van der Waals surface area (Å²) in [6.45, 7) is 0. The van der Waals surface area contributed by atoms with Crippen LogP contribution in [0.15, 0.2) is 72.8 Å². The van der Waals surface area contributed by atoms with Crippen LogP contribution in [0.3, 0.4) is 0 Å². The van der Waals surface area contributed by atoms with Crippen LogP contribution in [0.25, 0.3) is 0 Å². The Kier molecular flexibility index (Phi) is 4.45. The molecule has 0 saturated heterocycles. The highest BCUT2D eigenvalue weighted by atomic mass is 31.2. The average Bonchev–Trinajstić information content (AvgIpc) is 2.57. The minimum atomic E-state index is -4.24. The maximum absolute atomic E-state index is 14.2. The van der Waals surface area contributed by atoms with Gasteiger partial charge in [0.25, 0.3) is 0 Å². The maximum Gasteiger partial charge on any atom is 0.312 e. The zero-order valence-electron chi connectivity index (χ0n) is 12.3. The summed E-state index contributed by atoms with van der Waals surface area (Å²) in [5, 5.41) is -0.642. The number of hydrogen-bond donors (Lipinski definition) is 0. The zero-order chi connectivity index (χ0) is 17.2. The molecule has 0 fully saturated rings. The fraction of sp³-hybridized carbons (Fsp3) is 0. The summed E-state index contributed by atoms with van der Waals surface area (Å²) in [5.74, 6) is -2.75. The summed E-state index contributed by atoms with van der Waals surface area (Å²) in [4.78, 5) is 0. The molecule has 0 radical (unpaired) electrons. The normalized spacial score (nSPS) is 11.3. The molecule has 6 heteroatoms. The lowest BCUT2D eigenvalue weighted by Gasteiger charge is -2.21. The summed E-state index contributed by atoms with van der Waals surface area (Å²) in [6, 6.07) is 15.7. The predicted octanol–water partition coefficient (Wildman–Crippen LogP) is 4.41. The van der Waals surface area contributed by atoms with E-state index in [1.165, 1.54) is 54.6 Å². The van der Waals surface area contributed by atoms with Crippen LogP contribution in [-0.2, 0) is 4.57 Å². The van der Waals surface area contributed by atoms with Crippen molar-refractivity contribution in [1.82, 2.24) is 0 Å². The molecule has 0 unspecified atom stereocenters. The molecule has 0 N–H and O–H groups in total. The Hall–Kier alpha value is -2.52. The van der Waals surface area contributed by atoms with Gasteiger partial charge in [-0.25, -0.2) is 13.2 Å². The van der Waals surface area contributed by atoms with Gasteiger partial charge < -0.3 is 4.52 Å². The van der Waals surface area contributed by atoms with E-state index in [1.807, 2.05) is 0 Å². The number of benzene rings is 3. The second-order valence-corrected chi connectivity index (χ2v) is 7.23. The molecule has 0 amide bonds. The fourth-order valence-corrected chi connectivity index (χ4v) is 4.42. The summed E-state index contributed by atoms with van der Waals surface area (Å²) < 4.78 is 61.3. The summed E-state index contributed by atoms with van der Waals surface area (Å²) in [6.07, 6.45) is 0. The lowest BCUT2D eigenvalue weighted by molar-refractivity contribution is 0.472. The van der Waals surface area contributed by atoms with Crippen LogP contribution < -0.4 is 15.1 Å². The van der Waals surface area contributed by atoms with Gasteiger partial charge in [-0.2, -0.15) is 0 Å². The number of hydrogen-bond acceptors (Lipinski definition) is 2. The van der Waals surface area contributed by atoms with Crippen molar-refractivity contribution in [3.05, 3.63) is 90.2 Å². The number of para-hydroxylation sites is 1. The number of rotatable bonds is 4. The van der Waals surface area contributed by atoms with Crippen LogP contribution in [0.2, 0.25) is 0 Å². The molecule has 0 spiro atoms. The highest BCUT2D eigenvalue weighted by Gasteiger charge is 2.36. The molecule has 0 aliphatic rings. The molecule has 0 aromatic heterocycles. The highest BCUT2D eigenvalue weighted by molar-refractivity contribution is 7.74. The van der Waals surface area contributed by atoms with E-state index in [0.717, 1.165) is 18.2 Å². The fourth-order valence-electron chi connectivity index (χ4n) is 2.27. The molecule has 0 saturated carbocycles.